The quantitative estimate of drug-likeness (QED) is 0.611. The van der Waals surface area contributed by atoms with Crippen LogP contribution in [0.5, 0.6) is 0 Å². The monoisotopic (exact) mass is 469 g/mol. The highest BCUT2D eigenvalue weighted by molar-refractivity contribution is 5.98. The third kappa shape index (κ3) is 4.68. The Hall–Kier alpha value is -3.65. The number of hydrogen-bond acceptors (Lipinski definition) is 6. The summed E-state index contributed by atoms with van der Waals surface area (Å²) in [6.07, 6.45) is 2.46. The number of carbonyl (C=O) groups excluding carboxylic acids is 1. The Morgan fingerprint density at radius 1 is 1.21 bits per heavy atom. The van der Waals surface area contributed by atoms with Crippen molar-refractivity contribution < 1.29 is 19.1 Å². The molecule has 3 heterocycles. The molecule has 0 spiro atoms. The summed E-state index contributed by atoms with van der Waals surface area (Å²) in [4.78, 5) is 27.7. The fourth-order valence-corrected chi connectivity index (χ4v) is 5.13. The number of hydrogen-bond donors (Lipinski definition) is 3. The number of halogens is 1. The van der Waals surface area contributed by atoms with Gasteiger partial charge in [-0.1, -0.05) is 0 Å². The van der Waals surface area contributed by atoms with E-state index in [2.05, 4.69) is 21.4 Å². The van der Waals surface area contributed by atoms with Gasteiger partial charge >= 0.3 is 6.09 Å². The van der Waals surface area contributed by atoms with Crippen LogP contribution < -0.4 is 11.1 Å². The molecule has 1 aromatic heterocycles. The molecule has 4 rings (SSSR count). The van der Waals surface area contributed by atoms with Gasteiger partial charge in [0.25, 0.3) is 5.91 Å². The molecule has 2 aromatic rings. The van der Waals surface area contributed by atoms with E-state index >= 15 is 0 Å². The van der Waals surface area contributed by atoms with Gasteiger partial charge in [-0.25, -0.2) is 9.18 Å². The fraction of sp³-hybridized carbons (Fsp3) is 0.478. The number of amides is 2. The van der Waals surface area contributed by atoms with Crippen LogP contribution in [0, 0.1) is 29.0 Å². The minimum absolute atomic E-state index is 0.0581. The van der Waals surface area contributed by atoms with Crippen molar-refractivity contribution in [1.29, 1.82) is 5.26 Å². The molecule has 3 atom stereocenters. The molecule has 1 aromatic carbocycles. The molecule has 10 nitrogen and oxygen atoms in total. The van der Waals surface area contributed by atoms with Gasteiger partial charge in [-0.2, -0.15) is 10.4 Å². The van der Waals surface area contributed by atoms with E-state index in [4.69, 9.17) is 5.73 Å². The SMILES string of the molecule is CN1CCC(C2[C@@H](C#N)[C@H](n3cc(C(N)=O)c(Nc4ccc(F)cc4)n3)CCN2C(=O)O)CC1. The van der Waals surface area contributed by atoms with E-state index in [1.807, 2.05) is 7.05 Å². The van der Waals surface area contributed by atoms with Gasteiger partial charge in [0, 0.05) is 18.4 Å². The van der Waals surface area contributed by atoms with E-state index in [1.165, 1.54) is 35.4 Å². The molecule has 0 radical (unpaired) electrons. The minimum Gasteiger partial charge on any atom is -0.465 e. The second-order valence-corrected chi connectivity index (χ2v) is 8.99. The first-order valence-electron chi connectivity index (χ1n) is 11.3. The Morgan fingerprint density at radius 2 is 1.88 bits per heavy atom. The predicted molar refractivity (Wildman–Crippen MR) is 122 cm³/mol. The van der Waals surface area contributed by atoms with Crippen molar-refractivity contribution in [2.45, 2.75) is 31.3 Å². The number of nitrogens with one attached hydrogen (secondary N) is 1. The van der Waals surface area contributed by atoms with E-state index < -0.39 is 35.8 Å². The van der Waals surface area contributed by atoms with E-state index in [0.717, 1.165) is 25.9 Å². The summed E-state index contributed by atoms with van der Waals surface area (Å²) in [7, 11) is 2.03. The first kappa shape index (κ1) is 23.5. The third-order valence-corrected chi connectivity index (χ3v) is 6.89. The van der Waals surface area contributed by atoms with Gasteiger partial charge in [-0.3, -0.25) is 9.48 Å². The van der Waals surface area contributed by atoms with Gasteiger partial charge < -0.3 is 26.0 Å². The molecule has 1 unspecified atom stereocenters. The van der Waals surface area contributed by atoms with Crippen LogP contribution in [-0.4, -0.2) is 69.4 Å². The maximum absolute atomic E-state index is 13.3. The number of piperidine rings is 2. The van der Waals surface area contributed by atoms with Crippen LogP contribution in [0.25, 0.3) is 0 Å². The summed E-state index contributed by atoms with van der Waals surface area (Å²) >= 11 is 0. The lowest BCUT2D eigenvalue weighted by molar-refractivity contribution is 0.0217. The van der Waals surface area contributed by atoms with Gasteiger partial charge in [-0.15, -0.1) is 0 Å². The summed E-state index contributed by atoms with van der Waals surface area (Å²) in [6.45, 7) is 1.95. The molecular weight excluding hydrogens is 441 g/mol. The first-order chi connectivity index (χ1) is 16.3. The Bertz CT molecular complexity index is 1090. The Kier molecular flexibility index (Phi) is 6.70. The number of benzene rings is 1. The molecule has 11 heteroatoms. The van der Waals surface area contributed by atoms with Crippen molar-refractivity contribution in [3.63, 3.8) is 0 Å². The molecule has 2 fully saturated rings. The summed E-state index contributed by atoms with van der Waals surface area (Å²) in [6, 6.07) is 7.05. The molecule has 2 aliphatic rings. The van der Waals surface area contributed by atoms with Crippen molar-refractivity contribution in [3.8, 4) is 6.07 Å². The van der Waals surface area contributed by atoms with E-state index in [1.54, 1.807) is 4.68 Å². The van der Waals surface area contributed by atoms with Crippen LogP contribution in [0.15, 0.2) is 30.5 Å². The maximum Gasteiger partial charge on any atom is 0.407 e. The molecule has 180 valence electrons. The molecule has 4 N–H and O–H groups in total. The molecule has 2 aliphatic heterocycles. The van der Waals surface area contributed by atoms with Crippen molar-refractivity contribution in [3.05, 3.63) is 41.8 Å². The average Bonchev–Trinajstić information content (AvgIpc) is 3.24. The first-order valence-corrected chi connectivity index (χ1v) is 11.3. The van der Waals surface area contributed by atoms with Crippen LogP contribution in [0.2, 0.25) is 0 Å². The molecule has 2 saturated heterocycles. The lowest BCUT2D eigenvalue weighted by Crippen LogP contribution is -2.56. The van der Waals surface area contributed by atoms with Crippen molar-refractivity contribution in [2.75, 3.05) is 32.0 Å². The zero-order valence-electron chi connectivity index (χ0n) is 18.9. The van der Waals surface area contributed by atoms with Gasteiger partial charge in [0.1, 0.15) is 11.4 Å². The number of nitrogens with zero attached hydrogens (tertiary/aromatic N) is 5. The number of aromatic nitrogens is 2. The number of nitrogens with two attached hydrogens (primary N) is 1. The molecule has 34 heavy (non-hydrogen) atoms. The summed E-state index contributed by atoms with van der Waals surface area (Å²) in [5, 5.41) is 27.5. The van der Waals surface area contributed by atoms with Crippen LogP contribution in [-0.2, 0) is 0 Å². The van der Waals surface area contributed by atoms with Gasteiger partial charge in [0.05, 0.1) is 24.1 Å². The predicted octanol–water partition coefficient (Wildman–Crippen LogP) is 2.64. The van der Waals surface area contributed by atoms with Crippen LogP contribution in [0.4, 0.5) is 20.7 Å². The van der Waals surface area contributed by atoms with Gasteiger partial charge in [0.2, 0.25) is 0 Å². The maximum atomic E-state index is 13.3. The van der Waals surface area contributed by atoms with Crippen LogP contribution in [0.1, 0.15) is 35.7 Å². The van der Waals surface area contributed by atoms with Crippen molar-refractivity contribution >= 4 is 23.5 Å². The fourth-order valence-electron chi connectivity index (χ4n) is 5.13. The number of carboxylic acid groups (broad SMARTS) is 1. The summed E-state index contributed by atoms with van der Waals surface area (Å²) in [5.41, 5.74) is 6.23. The van der Waals surface area contributed by atoms with Crippen LogP contribution >= 0.6 is 0 Å². The number of carbonyl (C=O) groups is 2. The Balaban J connectivity index is 1.66. The van der Waals surface area contributed by atoms with E-state index in [-0.39, 0.29) is 23.8 Å². The summed E-state index contributed by atoms with van der Waals surface area (Å²) < 4.78 is 14.8. The number of primary amides is 1. The number of likely N-dealkylation sites (tertiary alicyclic amines) is 2. The zero-order valence-corrected chi connectivity index (χ0v) is 18.9. The normalized spacial score (nSPS) is 23.9. The number of anilines is 2. The number of rotatable bonds is 5. The average molecular weight is 470 g/mol. The lowest BCUT2D eigenvalue weighted by atomic mass is 9.75. The van der Waals surface area contributed by atoms with E-state index in [9.17, 15) is 24.3 Å². The zero-order chi connectivity index (χ0) is 24.4. The second-order valence-electron chi connectivity index (χ2n) is 8.99. The minimum atomic E-state index is -1.03. The Morgan fingerprint density at radius 3 is 2.47 bits per heavy atom. The largest absolute Gasteiger partial charge is 0.465 e. The molecular formula is C23H28FN7O3. The van der Waals surface area contributed by atoms with E-state index in [0.29, 0.717) is 12.1 Å². The topological polar surface area (TPSA) is 141 Å². The summed E-state index contributed by atoms with van der Waals surface area (Å²) in [5.74, 6) is -1.47. The molecule has 2 amide bonds. The van der Waals surface area contributed by atoms with Gasteiger partial charge in [0.15, 0.2) is 5.82 Å². The third-order valence-electron chi connectivity index (χ3n) is 6.89. The van der Waals surface area contributed by atoms with Crippen molar-refractivity contribution in [2.24, 2.45) is 17.6 Å². The second kappa shape index (κ2) is 9.69. The molecule has 0 saturated carbocycles. The standard InChI is InChI=1S/C23H28FN7O3/c1-29-9-6-14(7-10-29)20-17(12-25)19(8-11-30(20)23(33)34)31-13-18(21(26)32)22(28-31)27-16-4-2-15(24)3-5-16/h2-5,13-14,17,19-20H,6-11H2,1H3,(H2,26,32)(H,27,28)(H,33,34)/t17-,19+,20?/m0/s1. The number of nitriles is 1. The highest BCUT2D eigenvalue weighted by Crippen LogP contribution is 2.40. The smallest absolute Gasteiger partial charge is 0.407 e. The highest BCUT2D eigenvalue weighted by Gasteiger charge is 2.46. The molecule has 0 aliphatic carbocycles. The lowest BCUT2D eigenvalue weighted by Gasteiger charge is -2.46. The highest BCUT2D eigenvalue weighted by atomic mass is 19.1. The molecule has 0 bridgehead atoms. The van der Waals surface area contributed by atoms with Gasteiger partial charge in [-0.05, 0) is 69.6 Å². The van der Waals surface area contributed by atoms with Crippen molar-refractivity contribution in [1.82, 2.24) is 19.6 Å². The Labute approximate surface area is 196 Å². The van der Waals surface area contributed by atoms with Crippen LogP contribution in [0.3, 0.4) is 0 Å².